The zero-order chi connectivity index (χ0) is 13.1. The van der Waals surface area contributed by atoms with Crippen molar-refractivity contribution in [2.24, 2.45) is 5.41 Å². The van der Waals surface area contributed by atoms with Crippen molar-refractivity contribution in [1.82, 2.24) is 0 Å². The van der Waals surface area contributed by atoms with Gasteiger partial charge < -0.3 is 4.74 Å². The first-order valence-corrected chi connectivity index (χ1v) is 5.56. The summed E-state index contributed by atoms with van der Waals surface area (Å²) in [6, 6.07) is 6.07. The molecule has 0 saturated carbocycles. The zero-order valence-corrected chi connectivity index (χ0v) is 10.3. The molecular weight excluding hydrogens is 229 g/mol. The Hall–Kier alpha value is -1.19. The average Bonchev–Trinajstić information content (AvgIpc) is 2.19. The third-order valence-corrected chi connectivity index (χ3v) is 2.80. The molecule has 0 aliphatic rings. The van der Waals surface area contributed by atoms with E-state index in [0.717, 1.165) is 18.4 Å². The van der Waals surface area contributed by atoms with Gasteiger partial charge >= 0.3 is 6.36 Å². The van der Waals surface area contributed by atoms with Crippen LogP contribution in [0.2, 0.25) is 0 Å². The highest BCUT2D eigenvalue weighted by Crippen LogP contribution is 2.27. The van der Waals surface area contributed by atoms with E-state index in [1.54, 1.807) is 12.1 Å². The second-order valence-corrected chi connectivity index (χ2v) is 4.89. The quantitative estimate of drug-likeness (QED) is 0.756. The molecule has 1 nitrogen and oxygen atoms in total. The van der Waals surface area contributed by atoms with Gasteiger partial charge in [-0.15, -0.1) is 13.2 Å². The minimum Gasteiger partial charge on any atom is -0.406 e. The third kappa shape index (κ3) is 5.11. The van der Waals surface area contributed by atoms with E-state index in [-0.39, 0.29) is 11.2 Å². The van der Waals surface area contributed by atoms with Gasteiger partial charge in [0.2, 0.25) is 0 Å². The molecule has 0 atom stereocenters. The van der Waals surface area contributed by atoms with E-state index in [1.165, 1.54) is 12.1 Å². The predicted octanol–water partition coefficient (Wildman–Crippen LogP) is 4.56. The van der Waals surface area contributed by atoms with Gasteiger partial charge in [0, 0.05) is 0 Å². The van der Waals surface area contributed by atoms with Gasteiger partial charge in [-0.05, 0) is 29.5 Å². The molecular formula is C13H17F3O. The number of alkyl halides is 3. The summed E-state index contributed by atoms with van der Waals surface area (Å²) in [5.41, 5.74) is 1.18. The minimum atomic E-state index is -4.62. The van der Waals surface area contributed by atoms with Crippen LogP contribution in [0.5, 0.6) is 5.75 Å². The maximum absolute atomic E-state index is 11.9. The van der Waals surface area contributed by atoms with Crippen molar-refractivity contribution >= 4 is 0 Å². The summed E-state index contributed by atoms with van der Waals surface area (Å²) in [5, 5.41) is 0. The number of hydrogen-bond donors (Lipinski definition) is 0. The Labute approximate surface area is 99.6 Å². The van der Waals surface area contributed by atoms with Crippen LogP contribution in [-0.2, 0) is 6.42 Å². The predicted molar refractivity (Wildman–Crippen MR) is 60.9 cm³/mol. The highest BCUT2D eigenvalue weighted by atomic mass is 19.4. The second kappa shape index (κ2) is 4.98. The van der Waals surface area contributed by atoms with Crippen molar-refractivity contribution in [3.05, 3.63) is 29.8 Å². The van der Waals surface area contributed by atoms with Gasteiger partial charge in [0.15, 0.2) is 0 Å². The molecule has 0 radical (unpaired) electrons. The van der Waals surface area contributed by atoms with Crippen molar-refractivity contribution in [3.8, 4) is 5.75 Å². The Kier molecular flexibility index (Phi) is 4.07. The third-order valence-electron chi connectivity index (χ3n) is 2.80. The molecule has 17 heavy (non-hydrogen) atoms. The molecule has 1 rings (SSSR count). The molecule has 0 fully saturated rings. The SMILES string of the molecule is CCC(C)(C)Cc1ccc(OC(F)(F)F)cc1. The number of benzene rings is 1. The van der Waals surface area contributed by atoms with Crippen LogP contribution in [0.3, 0.4) is 0 Å². The van der Waals surface area contributed by atoms with E-state index in [9.17, 15) is 13.2 Å². The summed E-state index contributed by atoms with van der Waals surface area (Å²) in [4.78, 5) is 0. The number of halogens is 3. The lowest BCUT2D eigenvalue weighted by atomic mass is 9.83. The highest BCUT2D eigenvalue weighted by Gasteiger charge is 2.31. The van der Waals surface area contributed by atoms with Crippen LogP contribution >= 0.6 is 0 Å². The molecule has 0 aromatic heterocycles. The van der Waals surface area contributed by atoms with Crippen LogP contribution in [0.1, 0.15) is 32.8 Å². The summed E-state index contributed by atoms with van der Waals surface area (Å²) in [5.74, 6) is -0.171. The Balaban J connectivity index is 2.69. The smallest absolute Gasteiger partial charge is 0.406 e. The lowest BCUT2D eigenvalue weighted by Gasteiger charge is -2.22. The van der Waals surface area contributed by atoms with Crippen LogP contribution in [0.15, 0.2) is 24.3 Å². The fourth-order valence-corrected chi connectivity index (χ4v) is 1.49. The van der Waals surface area contributed by atoms with Gasteiger partial charge in [-0.3, -0.25) is 0 Å². The number of hydrogen-bond acceptors (Lipinski definition) is 1. The molecule has 0 unspecified atom stereocenters. The molecule has 0 aliphatic carbocycles. The van der Waals surface area contributed by atoms with Crippen LogP contribution in [0.25, 0.3) is 0 Å². The highest BCUT2D eigenvalue weighted by molar-refractivity contribution is 5.28. The van der Waals surface area contributed by atoms with E-state index in [2.05, 4.69) is 25.5 Å². The Bertz CT molecular complexity index is 352. The van der Waals surface area contributed by atoms with Gasteiger partial charge in [-0.2, -0.15) is 0 Å². The molecule has 0 bridgehead atoms. The summed E-state index contributed by atoms with van der Waals surface area (Å²) in [7, 11) is 0. The Morgan fingerprint density at radius 3 is 2.00 bits per heavy atom. The molecule has 0 heterocycles. The molecule has 0 aliphatic heterocycles. The lowest BCUT2D eigenvalue weighted by molar-refractivity contribution is -0.274. The molecule has 0 N–H and O–H groups in total. The van der Waals surface area contributed by atoms with Gasteiger partial charge in [-0.25, -0.2) is 0 Å². The van der Waals surface area contributed by atoms with E-state index in [1.807, 2.05) is 0 Å². The van der Waals surface area contributed by atoms with Crippen molar-refractivity contribution in [1.29, 1.82) is 0 Å². The normalized spacial score (nSPS) is 12.6. The van der Waals surface area contributed by atoms with E-state index >= 15 is 0 Å². The molecule has 0 amide bonds. The average molecular weight is 246 g/mol. The Morgan fingerprint density at radius 1 is 1.06 bits per heavy atom. The summed E-state index contributed by atoms with van der Waals surface area (Å²) in [6.45, 7) is 6.36. The van der Waals surface area contributed by atoms with Crippen molar-refractivity contribution < 1.29 is 17.9 Å². The summed E-state index contributed by atoms with van der Waals surface area (Å²) >= 11 is 0. The fraction of sp³-hybridized carbons (Fsp3) is 0.538. The monoisotopic (exact) mass is 246 g/mol. The van der Waals surface area contributed by atoms with Crippen molar-refractivity contribution in [3.63, 3.8) is 0 Å². The molecule has 4 heteroatoms. The second-order valence-electron chi connectivity index (χ2n) is 4.89. The number of ether oxygens (including phenoxy) is 1. The fourth-order valence-electron chi connectivity index (χ4n) is 1.49. The van der Waals surface area contributed by atoms with Gasteiger partial charge in [-0.1, -0.05) is 39.3 Å². The van der Waals surface area contributed by atoms with Gasteiger partial charge in [0.1, 0.15) is 5.75 Å². The van der Waals surface area contributed by atoms with E-state index < -0.39 is 6.36 Å². The van der Waals surface area contributed by atoms with Gasteiger partial charge in [0.05, 0.1) is 0 Å². The lowest BCUT2D eigenvalue weighted by Crippen LogP contribution is -2.17. The van der Waals surface area contributed by atoms with Crippen LogP contribution in [0.4, 0.5) is 13.2 Å². The topological polar surface area (TPSA) is 9.23 Å². The maximum atomic E-state index is 11.9. The first-order valence-electron chi connectivity index (χ1n) is 5.56. The maximum Gasteiger partial charge on any atom is 0.573 e. The Morgan fingerprint density at radius 2 is 1.59 bits per heavy atom. The van der Waals surface area contributed by atoms with E-state index in [0.29, 0.717) is 0 Å². The standard InChI is InChI=1S/C13H17F3O/c1-4-12(2,3)9-10-5-7-11(8-6-10)17-13(14,15)16/h5-8H,4,9H2,1-3H3. The van der Waals surface area contributed by atoms with Crippen molar-refractivity contribution in [2.45, 2.75) is 40.0 Å². The summed E-state index contributed by atoms with van der Waals surface area (Å²) < 4.78 is 39.6. The summed E-state index contributed by atoms with van der Waals surface area (Å²) in [6.07, 6.45) is -2.76. The molecule has 1 aromatic carbocycles. The van der Waals surface area contributed by atoms with Crippen molar-refractivity contribution in [2.75, 3.05) is 0 Å². The largest absolute Gasteiger partial charge is 0.573 e. The first kappa shape index (κ1) is 13.9. The van der Waals surface area contributed by atoms with E-state index in [4.69, 9.17) is 0 Å². The van der Waals surface area contributed by atoms with Crippen LogP contribution in [0, 0.1) is 5.41 Å². The molecule has 1 aromatic rings. The molecule has 0 saturated heterocycles. The van der Waals surface area contributed by atoms with Crippen LogP contribution < -0.4 is 4.74 Å². The first-order chi connectivity index (χ1) is 7.72. The minimum absolute atomic E-state index is 0.159. The van der Waals surface area contributed by atoms with Crippen LogP contribution in [-0.4, -0.2) is 6.36 Å². The van der Waals surface area contributed by atoms with Gasteiger partial charge in [0.25, 0.3) is 0 Å². The molecule has 0 spiro atoms. The zero-order valence-electron chi connectivity index (χ0n) is 10.3. The molecule has 96 valence electrons. The number of rotatable bonds is 4.